The lowest BCUT2D eigenvalue weighted by Crippen LogP contribution is -2.46. The van der Waals surface area contributed by atoms with Gasteiger partial charge >= 0.3 is 5.97 Å². The molecule has 6 nitrogen and oxygen atoms in total. The third-order valence-electron chi connectivity index (χ3n) is 2.34. The van der Waals surface area contributed by atoms with Crippen LogP contribution in [0.5, 0.6) is 0 Å². The molecule has 19 heavy (non-hydrogen) atoms. The van der Waals surface area contributed by atoms with Gasteiger partial charge in [0.15, 0.2) is 0 Å². The number of hydrogen-bond acceptors (Lipinski definition) is 3. The van der Waals surface area contributed by atoms with Crippen molar-refractivity contribution in [2.24, 2.45) is 5.73 Å². The van der Waals surface area contributed by atoms with Crippen LogP contribution in [0.2, 0.25) is 0 Å². The lowest BCUT2D eigenvalue weighted by atomic mass is 10.1. The summed E-state index contributed by atoms with van der Waals surface area (Å²) in [7, 11) is 0. The zero-order valence-corrected chi connectivity index (χ0v) is 9.93. The molecule has 7 heteroatoms. The van der Waals surface area contributed by atoms with Crippen molar-refractivity contribution in [2.45, 2.75) is 18.9 Å². The van der Waals surface area contributed by atoms with Gasteiger partial charge in [0.25, 0.3) is 0 Å². The summed E-state index contributed by atoms with van der Waals surface area (Å²) in [6.45, 7) is 0. The fourth-order valence-electron chi connectivity index (χ4n) is 1.43. The number of carboxylic acid groups (broad SMARTS) is 1. The van der Waals surface area contributed by atoms with Crippen molar-refractivity contribution in [3.8, 4) is 0 Å². The predicted octanol–water partition coefficient (Wildman–Crippen LogP) is -0.187. The first kappa shape index (κ1) is 14.6. The third kappa shape index (κ3) is 5.15. The fraction of sp³-hybridized carbons (Fsp3) is 0.250. The zero-order valence-electron chi connectivity index (χ0n) is 9.93. The van der Waals surface area contributed by atoms with Crippen molar-refractivity contribution in [3.63, 3.8) is 0 Å². The number of primary amides is 1. The van der Waals surface area contributed by atoms with E-state index in [4.69, 9.17) is 10.8 Å². The quantitative estimate of drug-likeness (QED) is 0.664. The maximum Gasteiger partial charge on any atom is 0.305 e. The molecule has 0 heterocycles. The minimum absolute atomic E-state index is 0.0936. The number of aliphatic carboxylic acids is 1. The number of rotatable bonds is 6. The van der Waals surface area contributed by atoms with Crippen LogP contribution in [0, 0.1) is 5.82 Å². The van der Waals surface area contributed by atoms with E-state index in [9.17, 15) is 18.8 Å². The van der Waals surface area contributed by atoms with Gasteiger partial charge in [0.2, 0.25) is 11.8 Å². The number of nitrogens with one attached hydrogen (secondary N) is 1. The molecule has 0 aliphatic heterocycles. The standard InChI is InChI=1S/C12H13FN2O4/c13-8-3-1-7(2-4-8)5-10(16)15-9(12(14)19)6-11(17)18/h1-4,9H,5-6H2,(H2,14,19)(H,15,16)(H,17,18)/t9-/m1/s1. The summed E-state index contributed by atoms with van der Waals surface area (Å²) in [6, 6.07) is 3.98. The Bertz CT molecular complexity index is 487. The van der Waals surface area contributed by atoms with Gasteiger partial charge in [-0.15, -0.1) is 0 Å². The Morgan fingerprint density at radius 1 is 1.26 bits per heavy atom. The van der Waals surface area contributed by atoms with E-state index in [1.807, 2.05) is 0 Å². The van der Waals surface area contributed by atoms with Crippen LogP contribution in [0.25, 0.3) is 0 Å². The van der Waals surface area contributed by atoms with Gasteiger partial charge in [-0.1, -0.05) is 12.1 Å². The van der Waals surface area contributed by atoms with Gasteiger partial charge in [-0.25, -0.2) is 4.39 Å². The first-order valence-electron chi connectivity index (χ1n) is 5.43. The minimum Gasteiger partial charge on any atom is -0.481 e. The molecule has 0 unspecified atom stereocenters. The van der Waals surface area contributed by atoms with Crippen molar-refractivity contribution in [1.29, 1.82) is 0 Å². The molecule has 1 aromatic rings. The maximum absolute atomic E-state index is 12.7. The number of carbonyl (C=O) groups excluding carboxylic acids is 2. The van der Waals surface area contributed by atoms with Gasteiger partial charge in [0.05, 0.1) is 12.8 Å². The molecule has 0 aliphatic rings. The first-order valence-corrected chi connectivity index (χ1v) is 5.43. The second-order valence-electron chi connectivity index (χ2n) is 3.92. The summed E-state index contributed by atoms with van der Waals surface area (Å²) >= 11 is 0. The molecule has 1 rings (SSSR count). The average Bonchev–Trinajstić information content (AvgIpc) is 2.30. The molecule has 0 radical (unpaired) electrons. The summed E-state index contributed by atoms with van der Waals surface area (Å²) in [4.78, 5) is 33.0. The number of amides is 2. The molecule has 2 amide bonds. The summed E-state index contributed by atoms with van der Waals surface area (Å²) in [5.74, 6) is -3.15. The molecule has 1 atom stereocenters. The maximum atomic E-state index is 12.7. The molecule has 0 spiro atoms. The molecular formula is C12H13FN2O4. The van der Waals surface area contributed by atoms with Gasteiger partial charge in [0.1, 0.15) is 11.9 Å². The molecule has 0 saturated carbocycles. The van der Waals surface area contributed by atoms with E-state index < -0.39 is 36.1 Å². The smallest absolute Gasteiger partial charge is 0.305 e. The Hall–Kier alpha value is -2.44. The Labute approximate surface area is 108 Å². The van der Waals surface area contributed by atoms with E-state index in [0.717, 1.165) is 0 Å². The Morgan fingerprint density at radius 3 is 2.32 bits per heavy atom. The Kier molecular flexibility index (Phi) is 4.99. The van der Waals surface area contributed by atoms with Crippen molar-refractivity contribution in [3.05, 3.63) is 35.6 Å². The van der Waals surface area contributed by atoms with Crippen LogP contribution in [0.1, 0.15) is 12.0 Å². The Morgan fingerprint density at radius 2 is 1.84 bits per heavy atom. The molecule has 0 bridgehead atoms. The highest BCUT2D eigenvalue weighted by molar-refractivity contribution is 5.90. The van der Waals surface area contributed by atoms with Crippen LogP contribution in [-0.4, -0.2) is 28.9 Å². The topological polar surface area (TPSA) is 109 Å². The van der Waals surface area contributed by atoms with E-state index in [1.165, 1.54) is 24.3 Å². The van der Waals surface area contributed by atoms with Crippen LogP contribution in [0.3, 0.4) is 0 Å². The molecule has 102 valence electrons. The molecule has 0 aromatic heterocycles. The van der Waals surface area contributed by atoms with Gasteiger partial charge in [-0.2, -0.15) is 0 Å². The van der Waals surface area contributed by atoms with E-state index in [-0.39, 0.29) is 6.42 Å². The number of benzene rings is 1. The lowest BCUT2D eigenvalue weighted by molar-refractivity contribution is -0.140. The van der Waals surface area contributed by atoms with Crippen molar-refractivity contribution >= 4 is 17.8 Å². The number of hydrogen-bond donors (Lipinski definition) is 3. The third-order valence-corrected chi connectivity index (χ3v) is 2.34. The number of halogens is 1. The van der Waals surface area contributed by atoms with Crippen LogP contribution >= 0.6 is 0 Å². The summed E-state index contributed by atoms with van der Waals surface area (Å²) < 4.78 is 12.7. The molecule has 0 fully saturated rings. The lowest BCUT2D eigenvalue weighted by Gasteiger charge is -2.13. The molecule has 1 aromatic carbocycles. The van der Waals surface area contributed by atoms with Crippen molar-refractivity contribution in [2.75, 3.05) is 0 Å². The van der Waals surface area contributed by atoms with E-state index in [0.29, 0.717) is 5.56 Å². The van der Waals surface area contributed by atoms with Crippen LogP contribution in [0.4, 0.5) is 4.39 Å². The largest absolute Gasteiger partial charge is 0.481 e. The minimum atomic E-state index is -1.26. The highest BCUT2D eigenvalue weighted by atomic mass is 19.1. The molecule has 4 N–H and O–H groups in total. The van der Waals surface area contributed by atoms with E-state index in [1.54, 1.807) is 0 Å². The van der Waals surface area contributed by atoms with Crippen LogP contribution < -0.4 is 11.1 Å². The van der Waals surface area contributed by atoms with Crippen molar-refractivity contribution < 1.29 is 23.9 Å². The van der Waals surface area contributed by atoms with Crippen molar-refractivity contribution in [1.82, 2.24) is 5.32 Å². The zero-order chi connectivity index (χ0) is 14.4. The summed E-state index contributed by atoms with van der Waals surface area (Å²) in [5.41, 5.74) is 5.52. The highest BCUT2D eigenvalue weighted by Gasteiger charge is 2.21. The van der Waals surface area contributed by atoms with E-state index >= 15 is 0 Å². The molecule has 0 saturated heterocycles. The average molecular weight is 268 g/mol. The van der Waals surface area contributed by atoms with Crippen LogP contribution in [0.15, 0.2) is 24.3 Å². The fourth-order valence-corrected chi connectivity index (χ4v) is 1.43. The Balaban J connectivity index is 2.59. The first-order chi connectivity index (χ1) is 8.88. The predicted molar refractivity (Wildman–Crippen MR) is 63.5 cm³/mol. The summed E-state index contributed by atoms with van der Waals surface area (Å²) in [5, 5.41) is 10.8. The van der Waals surface area contributed by atoms with E-state index in [2.05, 4.69) is 5.32 Å². The number of nitrogens with two attached hydrogens (primary N) is 1. The van der Waals surface area contributed by atoms with Crippen LogP contribution in [-0.2, 0) is 20.8 Å². The monoisotopic (exact) mass is 268 g/mol. The summed E-state index contributed by atoms with van der Waals surface area (Å²) in [6.07, 6.45) is -0.672. The molecule has 0 aliphatic carbocycles. The van der Waals surface area contributed by atoms with Gasteiger partial charge in [-0.05, 0) is 17.7 Å². The van der Waals surface area contributed by atoms with Gasteiger partial charge in [0, 0.05) is 0 Å². The molecular weight excluding hydrogens is 255 g/mol. The number of carboxylic acids is 1. The normalized spacial score (nSPS) is 11.6. The SMILES string of the molecule is NC(=O)[C@@H](CC(=O)O)NC(=O)Cc1ccc(F)cc1. The van der Waals surface area contributed by atoms with Gasteiger partial charge in [-0.3, -0.25) is 14.4 Å². The second-order valence-corrected chi connectivity index (χ2v) is 3.92. The number of carbonyl (C=O) groups is 3. The second kappa shape index (κ2) is 6.48. The van der Waals surface area contributed by atoms with Gasteiger partial charge < -0.3 is 16.2 Å². The highest BCUT2D eigenvalue weighted by Crippen LogP contribution is 2.04.